The van der Waals surface area contributed by atoms with Crippen LogP contribution in [0.15, 0.2) is 24.3 Å². The normalized spacial score (nSPS) is 15.4. The van der Waals surface area contributed by atoms with Gasteiger partial charge in [0.15, 0.2) is 11.6 Å². The zero-order valence-corrected chi connectivity index (χ0v) is 10.1. The highest BCUT2D eigenvalue weighted by Crippen LogP contribution is 2.32. The van der Waals surface area contributed by atoms with E-state index in [9.17, 15) is 23.7 Å². The van der Waals surface area contributed by atoms with E-state index in [1.165, 1.54) is 11.0 Å². The molecule has 0 spiro atoms. The van der Waals surface area contributed by atoms with Gasteiger partial charge in [-0.15, -0.1) is 0 Å². The molecule has 0 saturated carbocycles. The first-order chi connectivity index (χ1) is 9.38. The Morgan fingerprint density at radius 3 is 2.40 bits per heavy atom. The number of hydrogen-bond acceptors (Lipinski definition) is 4. The molecular formula is C12H10F2N2O4. The molecule has 1 aromatic carbocycles. The SMILES string of the molecule is O=C(O)/C=C/C1CN(c2c(F)cc([N+](=O)[O-])cc2F)C1. The fraction of sp³-hybridized carbons (Fsp3) is 0.250. The summed E-state index contributed by atoms with van der Waals surface area (Å²) >= 11 is 0. The van der Waals surface area contributed by atoms with Crippen LogP contribution in [0.25, 0.3) is 0 Å². The molecule has 1 heterocycles. The third kappa shape index (κ3) is 2.73. The van der Waals surface area contributed by atoms with E-state index in [0.29, 0.717) is 12.1 Å². The van der Waals surface area contributed by atoms with Gasteiger partial charge in [-0.25, -0.2) is 13.6 Å². The molecule has 0 aromatic heterocycles. The monoisotopic (exact) mass is 284 g/mol. The lowest BCUT2D eigenvalue weighted by Gasteiger charge is -2.39. The van der Waals surface area contributed by atoms with Crippen molar-refractivity contribution in [3.8, 4) is 0 Å². The highest BCUT2D eigenvalue weighted by atomic mass is 19.1. The summed E-state index contributed by atoms with van der Waals surface area (Å²) < 4.78 is 27.4. The zero-order chi connectivity index (χ0) is 14.9. The number of aliphatic carboxylic acids is 1. The number of non-ortho nitro benzene ring substituents is 1. The van der Waals surface area contributed by atoms with Crippen LogP contribution in [-0.2, 0) is 4.79 Å². The second kappa shape index (κ2) is 5.24. The number of carboxylic acids is 1. The Morgan fingerprint density at radius 2 is 1.95 bits per heavy atom. The van der Waals surface area contributed by atoms with E-state index in [0.717, 1.165) is 6.08 Å². The maximum Gasteiger partial charge on any atom is 0.327 e. The van der Waals surface area contributed by atoms with E-state index in [1.807, 2.05) is 0 Å². The summed E-state index contributed by atoms with van der Waals surface area (Å²) in [7, 11) is 0. The summed E-state index contributed by atoms with van der Waals surface area (Å²) in [5.74, 6) is -3.20. The third-order valence-corrected chi connectivity index (χ3v) is 2.95. The van der Waals surface area contributed by atoms with E-state index >= 15 is 0 Å². The van der Waals surface area contributed by atoms with Crippen LogP contribution >= 0.6 is 0 Å². The molecule has 6 nitrogen and oxygen atoms in total. The van der Waals surface area contributed by atoms with E-state index in [4.69, 9.17) is 5.11 Å². The number of anilines is 1. The lowest BCUT2D eigenvalue weighted by Crippen LogP contribution is -2.46. The molecule has 106 valence electrons. The minimum Gasteiger partial charge on any atom is -0.478 e. The molecule has 2 rings (SSSR count). The Balaban J connectivity index is 2.12. The van der Waals surface area contributed by atoms with Gasteiger partial charge in [0, 0.05) is 25.1 Å². The Morgan fingerprint density at radius 1 is 1.40 bits per heavy atom. The van der Waals surface area contributed by atoms with Crippen LogP contribution < -0.4 is 4.90 Å². The molecule has 0 aliphatic carbocycles. The number of benzene rings is 1. The minimum absolute atomic E-state index is 0.111. The van der Waals surface area contributed by atoms with Gasteiger partial charge < -0.3 is 10.0 Å². The van der Waals surface area contributed by atoms with Crippen LogP contribution in [0.1, 0.15) is 0 Å². The molecule has 8 heteroatoms. The molecule has 1 saturated heterocycles. The predicted molar refractivity (Wildman–Crippen MR) is 65.5 cm³/mol. The quantitative estimate of drug-likeness (QED) is 0.519. The number of nitro groups is 1. The van der Waals surface area contributed by atoms with Gasteiger partial charge in [0.25, 0.3) is 5.69 Å². The number of carboxylic acid groups (broad SMARTS) is 1. The van der Waals surface area contributed by atoms with Gasteiger partial charge in [-0.05, 0) is 0 Å². The Bertz CT molecular complexity index is 574. The number of carbonyl (C=O) groups is 1. The molecule has 20 heavy (non-hydrogen) atoms. The summed E-state index contributed by atoms with van der Waals surface area (Å²) in [6, 6.07) is 1.33. The molecule has 1 aliphatic rings. The van der Waals surface area contributed by atoms with E-state index in [-0.39, 0.29) is 24.7 Å². The van der Waals surface area contributed by atoms with Crippen molar-refractivity contribution in [2.45, 2.75) is 0 Å². The summed E-state index contributed by atoms with van der Waals surface area (Å²) in [5.41, 5.74) is -0.970. The van der Waals surface area contributed by atoms with Gasteiger partial charge in [-0.3, -0.25) is 10.1 Å². The van der Waals surface area contributed by atoms with Crippen molar-refractivity contribution >= 4 is 17.3 Å². The maximum absolute atomic E-state index is 13.7. The van der Waals surface area contributed by atoms with Gasteiger partial charge in [0.05, 0.1) is 17.1 Å². The van der Waals surface area contributed by atoms with Crippen molar-refractivity contribution in [1.82, 2.24) is 0 Å². The molecule has 0 radical (unpaired) electrons. The molecule has 1 aliphatic heterocycles. The first-order valence-electron chi connectivity index (χ1n) is 5.68. The molecule has 1 aromatic rings. The van der Waals surface area contributed by atoms with Crippen molar-refractivity contribution in [2.24, 2.45) is 5.92 Å². The van der Waals surface area contributed by atoms with Crippen LogP contribution in [0.2, 0.25) is 0 Å². The lowest BCUT2D eigenvalue weighted by atomic mass is 9.98. The minimum atomic E-state index is -1.09. The summed E-state index contributed by atoms with van der Waals surface area (Å²) in [4.78, 5) is 21.3. The largest absolute Gasteiger partial charge is 0.478 e. The number of nitrogens with zero attached hydrogens (tertiary/aromatic N) is 2. The zero-order valence-electron chi connectivity index (χ0n) is 10.1. The molecule has 0 atom stereocenters. The average molecular weight is 284 g/mol. The van der Waals surface area contributed by atoms with Crippen LogP contribution in [-0.4, -0.2) is 29.1 Å². The highest BCUT2D eigenvalue weighted by molar-refractivity contribution is 5.79. The van der Waals surface area contributed by atoms with Crippen LogP contribution in [0.3, 0.4) is 0 Å². The first kappa shape index (κ1) is 13.9. The number of hydrogen-bond donors (Lipinski definition) is 1. The van der Waals surface area contributed by atoms with Crippen LogP contribution in [0, 0.1) is 27.7 Å². The van der Waals surface area contributed by atoms with Gasteiger partial charge in [0.1, 0.15) is 5.69 Å². The van der Waals surface area contributed by atoms with Gasteiger partial charge in [-0.1, -0.05) is 6.08 Å². The topological polar surface area (TPSA) is 83.7 Å². The molecule has 0 amide bonds. The number of halogens is 2. The fourth-order valence-corrected chi connectivity index (χ4v) is 2.00. The third-order valence-electron chi connectivity index (χ3n) is 2.95. The lowest BCUT2D eigenvalue weighted by molar-refractivity contribution is -0.385. The predicted octanol–water partition coefficient (Wildman–Crippen LogP) is 1.95. The Kier molecular flexibility index (Phi) is 3.64. The number of nitro benzene ring substituents is 1. The fourth-order valence-electron chi connectivity index (χ4n) is 2.00. The van der Waals surface area contributed by atoms with Crippen molar-refractivity contribution in [3.05, 3.63) is 46.0 Å². The van der Waals surface area contributed by atoms with Crippen LogP contribution in [0.4, 0.5) is 20.2 Å². The summed E-state index contributed by atoms with van der Waals surface area (Å²) in [5, 5.41) is 18.9. The molecule has 1 fully saturated rings. The van der Waals surface area contributed by atoms with Crippen molar-refractivity contribution in [3.63, 3.8) is 0 Å². The van der Waals surface area contributed by atoms with Crippen molar-refractivity contribution < 1.29 is 23.6 Å². The van der Waals surface area contributed by atoms with Gasteiger partial charge in [0.2, 0.25) is 0 Å². The summed E-state index contributed by atoms with van der Waals surface area (Å²) in [6.07, 6.45) is 2.42. The summed E-state index contributed by atoms with van der Waals surface area (Å²) in [6.45, 7) is 0.519. The Labute approximate surface area is 112 Å². The van der Waals surface area contributed by atoms with E-state index in [2.05, 4.69) is 0 Å². The smallest absolute Gasteiger partial charge is 0.327 e. The molecule has 1 N–H and O–H groups in total. The number of rotatable bonds is 4. The molecule has 0 unspecified atom stereocenters. The van der Waals surface area contributed by atoms with E-state index in [1.54, 1.807) is 0 Å². The maximum atomic E-state index is 13.7. The standard InChI is InChI=1S/C12H10F2N2O4/c13-9-3-8(16(19)20)4-10(14)12(9)15-5-7(6-15)1-2-11(17)18/h1-4,7H,5-6H2,(H,17,18)/b2-1+. The highest BCUT2D eigenvalue weighted by Gasteiger charge is 2.30. The second-order valence-corrected chi connectivity index (χ2v) is 4.38. The average Bonchev–Trinajstić information content (AvgIpc) is 2.28. The second-order valence-electron chi connectivity index (χ2n) is 4.38. The first-order valence-corrected chi connectivity index (χ1v) is 5.68. The van der Waals surface area contributed by atoms with Crippen LogP contribution in [0.5, 0.6) is 0 Å². The van der Waals surface area contributed by atoms with Crippen molar-refractivity contribution in [2.75, 3.05) is 18.0 Å². The van der Waals surface area contributed by atoms with E-state index < -0.39 is 28.2 Å². The Hall–Kier alpha value is -2.51. The van der Waals surface area contributed by atoms with Crippen molar-refractivity contribution in [1.29, 1.82) is 0 Å². The van der Waals surface area contributed by atoms with Gasteiger partial charge >= 0.3 is 5.97 Å². The molecule has 0 bridgehead atoms. The molecular weight excluding hydrogens is 274 g/mol. The van der Waals surface area contributed by atoms with Gasteiger partial charge in [-0.2, -0.15) is 0 Å².